The molecule has 0 saturated carbocycles. The highest BCUT2D eigenvalue weighted by molar-refractivity contribution is 6.34. The van der Waals surface area contributed by atoms with Gasteiger partial charge >= 0.3 is 0 Å². The molecule has 0 aliphatic heterocycles. The van der Waals surface area contributed by atoms with Crippen LogP contribution in [0.15, 0.2) is 72.8 Å². The number of rotatable bonds is 8. The normalized spacial score (nSPS) is 10.9. The molecule has 7 heteroatoms. The molecular weight excluding hydrogens is 431 g/mol. The van der Waals surface area contributed by atoms with Crippen molar-refractivity contribution in [1.82, 2.24) is 0 Å². The van der Waals surface area contributed by atoms with E-state index in [-0.39, 0.29) is 23.0 Å². The lowest BCUT2D eigenvalue weighted by Crippen LogP contribution is -2.20. The summed E-state index contributed by atoms with van der Waals surface area (Å²) in [6.45, 7) is 0.618. The number of allylic oxidation sites excluding steroid dienone is 1. The fourth-order valence-corrected chi connectivity index (χ4v) is 3.18. The molecule has 0 unspecified atom stereocenters. The third-order valence-corrected chi connectivity index (χ3v) is 5.13. The molecule has 0 heterocycles. The fourth-order valence-electron chi connectivity index (χ4n) is 2.97. The van der Waals surface area contributed by atoms with Crippen LogP contribution in [-0.2, 0) is 0 Å². The fraction of sp³-hybridized carbons (Fsp3) is 0.120. The standard InChI is InChI=1S/C25H22ClFN2O3/c1-29(14-15-30)21-10-2-17(3-11-21)4-13-24(31)18-5-8-20(9-6-18)28-25(32)22-16-19(27)7-12-23(22)26/h2-13,16,30H,14-15H2,1H3,(H,28,32)/b13-4+. The van der Waals surface area contributed by atoms with Crippen LogP contribution < -0.4 is 10.2 Å². The first kappa shape index (κ1) is 23.2. The number of halogens is 2. The number of benzene rings is 3. The molecule has 164 valence electrons. The summed E-state index contributed by atoms with van der Waals surface area (Å²) in [5, 5.41) is 11.8. The molecule has 0 atom stereocenters. The maximum absolute atomic E-state index is 13.4. The highest BCUT2D eigenvalue weighted by Crippen LogP contribution is 2.20. The van der Waals surface area contributed by atoms with Crippen molar-refractivity contribution < 1.29 is 19.1 Å². The van der Waals surface area contributed by atoms with Gasteiger partial charge in [0.1, 0.15) is 5.82 Å². The Hall–Kier alpha value is -3.48. The van der Waals surface area contributed by atoms with E-state index in [1.165, 1.54) is 18.2 Å². The van der Waals surface area contributed by atoms with Crippen LogP contribution >= 0.6 is 11.6 Å². The number of carbonyl (C=O) groups is 2. The third-order valence-electron chi connectivity index (χ3n) is 4.80. The highest BCUT2D eigenvalue weighted by Gasteiger charge is 2.12. The van der Waals surface area contributed by atoms with Crippen LogP contribution in [0.1, 0.15) is 26.3 Å². The van der Waals surface area contributed by atoms with Crippen molar-refractivity contribution in [2.45, 2.75) is 0 Å². The number of aliphatic hydroxyl groups is 1. The average molecular weight is 453 g/mol. The van der Waals surface area contributed by atoms with E-state index >= 15 is 0 Å². The van der Waals surface area contributed by atoms with Gasteiger partial charge in [-0.1, -0.05) is 29.8 Å². The molecule has 1 amide bonds. The van der Waals surface area contributed by atoms with Gasteiger partial charge in [-0.3, -0.25) is 9.59 Å². The molecule has 0 aromatic heterocycles. The number of aliphatic hydroxyl groups excluding tert-OH is 1. The van der Waals surface area contributed by atoms with Gasteiger partial charge in [0.15, 0.2) is 5.78 Å². The summed E-state index contributed by atoms with van der Waals surface area (Å²) in [5.41, 5.74) is 2.79. The van der Waals surface area contributed by atoms with Crippen molar-refractivity contribution in [1.29, 1.82) is 0 Å². The van der Waals surface area contributed by atoms with E-state index in [4.69, 9.17) is 16.7 Å². The highest BCUT2D eigenvalue weighted by atomic mass is 35.5. The maximum Gasteiger partial charge on any atom is 0.257 e. The zero-order valence-electron chi connectivity index (χ0n) is 17.4. The molecule has 0 fully saturated rings. The largest absolute Gasteiger partial charge is 0.395 e. The second-order valence-electron chi connectivity index (χ2n) is 7.09. The summed E-state index contributed by atoms with van der Waals surface area (Å²) in [6.07, 6.45) is 3.20. The first-order chi connectivity index (χ1) is 15.4. The summed E-state index contributed by atoms with van der Waals surface area (Å²) in [5.74, 6) is -1.28. The van der Waals surface area contributed by atoms with E-state index in [1.807, 2.05) is 36.2 Å². The number of nitrogens with zero attached hydrogens (tertiary/aromatic N) is 1. The second-order valence-corrected chi connectivity index (χ2v) is 7.50. The Bertz CT molecular complexity index is 1130. The number of likely N-dealkylation sites (N-methyl/N-ethyl adjacent to an activating group) is 1. The summed E-state index contributed by atoms with van der Waals surface area (Å²) in [4.78, 5) is 26.7. The third kappa shape index (κ3) is 6.03. The van der Waals surface area contributed by atoms with Crippen LogP contribution in [0.4, 0.5) is 15.8 Å². The molecule has 2 N–H and O–H groups in total. The van der Waals surface area contributed by atoms with Gasteiger partial charge in [-0.05, 0) is 66.2 Å². The molecule has 3 aromatic carbocycles. The zero-order valence-corrected chi connectivity index (χ0v) is 18.1. The van der Waals surface area contributed by atoms with Crippen molar-refractivity contribution >= 4 is 40.7 Å². The lowest BCUT2D eigenvalue weighted by molar-refractivity contribution is 0.102. The predicted octanol–water partition coefficient (Wildman–Crippen LogP) is 5.06. The molecule has 0 aliphatic carbocycles. The predicted molar refractivity (Wildman–Crippen MR) is 126 cm³/mol. The van der Waals surface area contributed by atoms with Crippen molar-refractivity contribution in [3.8, 4) is 0 Å². The van der Waals surface area contributed by atoms with Crippen LogP contribution in [0, 0.1) is 5.82 Å². The molecule has 32 heavy (non-hydrogen) atoms. The summed E-state index contributed by atoms with van der Waals surface area (Å²) in [7, 11) is 1.89. The molecular formula is C25H22ClFN2O3. The quantitative estimate of drug-likeness (QED) is 0.370. The molecule has 0 bridgehead atoms. The van der Waals surface area contributed by atoms with Crippen LogP contribution in [0.25, 0.3) is 6.08 Å². The monoisotopic (exact) mass is 452 g/mol. The minimum atomic E-state index is -0.556. The Balaban J connectivity index is 1.62. The number of carbonyl (C=O) groups excluding carboxylic acids is 2. The Morgan fingerprint density at radius 2 is 1.75 bits per heavy atom. The van der Waals surface area contributed by atoms with E-state index in [9.17, 15) is 14.0 Å². The van der Waals surface area contributed by atoms with Crippen molar-refractivity contribution in [2.75, 3.05) is 30.4 Å². The van der Waals surface area contributed by atoms with Gasteiger partial charge < -0.3 is 15.3 Å². The smallest absolute Gasteiger partial charge is 0.257 e. The average Bonchev–Trinajstić information content (AvgIpc) is 2.80. The van der Waals surface area contributed by atoms with E-state index in [1.54, 1.807) is 30.3 Å². The van der Waals surface area contributed by atoms with Gasteiger partial charge in [-0.15, -0.1) is 0 Å². The van der Waals surface area contributed by atoms with Crippen LogP contribution in [0.3, 0.4) is 0 Å². The first-order valence-corrected chi connectivity index (χ1v) is 10.3. The minimum absolute atomic E-state index is 0.0309. The second kappa shape index (κ2) is 10.7. The minimum Gasteiger partial charge on any atom is -0.395 e. The number of amides is 1. The number of hydrogen-bond donors (Lipinski definition) is 2. The van der Waals surface area contributed by atoms with Crippen LogP contribution in [0.2, 0.25) is 5.02 Å². The van der Waals surface area contributed by atoms with Gasteiger partial charge in [0.05, 0.1) is 17.2 Å². The number of ketones is 1. The molecule has 0 radical (unpaired) electrons. The van der Waals surface area contributed by atoms with Crippen molar-refractivity contribution in [3.63, 3.8) is 0 Å². The van der Waals surface area contributed by atoms with Crippen molar-refractivity contribution in [3.05, 3.63) is 100 Å². The summed E-state index contributed by atoms with van der Waals surface area (Å²) >= 11 is 5.96. The Morgan fingerprint density at radius 1 is 1.06 bits per heavy atom. The lowest BCUT2D eigenvalue weighted by Gasteiger charge is -2.17. The number of hydrogen-bond acceptors (Lipinski definition) is 4. The topological polar surface area (TPSA) is 69.6 Å². The number of anilines is 2. The summed E-state index contributed by atoms with van der Waals surface area (Å²) < 4.78 is 13.4. The molecule has 0 aliphatic rings. The molecule has 0 spiro atoms. The van der Waals surface area contributed by atoms with Crippen LogP contribution in [0.5, 0.6) is 0 Å². The molecule has 3 rings (SSSR count). The van der Waals surface area contributed by atoms with Gasteiger partial charge in [-0.2, -0.15) is 0 Å². The molecule has 3 aromatic rings. The van der Waals surface area contributed by atoms with Gasteiger partial charge in [0.25, 0.3) is 5.91 Å². The Labute approximate surface area is 190 Å². The van der Waals surface area contributed by atoms with Gasteiger partial charge in [-0.25, -0.2) is 4.39 Å². The van der Waals surface area contributed by atoms with Crippen LogP contribution in [-0.4, -0.2) is 37.0 Å². The van der Waals surface area contributed by atoms with Gasteiger partial charge in [0.2, 0.25) is 0 Å². The Kier molecular flexibility index (Phi) is 7.76. The summed E-state index contributed by atoms with van der Waals surface area (Å²) in [6, 6.07) is 17.6. The Morgan fingerprint density at radius 3 is 2.41 bits per heavy atom. The molecule has 0 saturated heterocycles. The van der Waals surface area contributed by atoms with E-state index in [2.05, 4.69) is 5.32 Å². The van der Waals surface area contributed by atoms with Gasteiger partial charge in [0, 0.05) is 30.5 Å². The lowest BCUT2D eigenvalue weighted by atomic mass is 10.1. The van der Waals surface area contributed by atoms with E-state index in [0.29, 0.717) is 17.8 Å². The SMILES string of the molecule is CN(CCO)c1ccc(/C=C/C(=O)c2ccc(NC(=O)c3cc(F)ccc3Cl)cc2)cc1. The van der Waals surface area contributed by atoms with Crippen molar-refractivity contribution in [2.24, 2.45) is 0 Å². The maximum atomic E-state index is 13.4. The van der Waals surface area contributed by atoms with E-state index < -0.39 is 11.7 Å². The van der Waals surface area contributed by atoms with E-state index in [0.717, 1.165) is 17.3 Å². The number of nitrogens with one attached hydrogen (secondary N) is 1. The zero-order chi connectivity index (χ0) is 23.1. The molecule has 5 nitrogen and oxygen atoms in total. The first-order valence-electron chi connectivity index (χ1n) is 9.88.